The Hall–Kier alpha value is -0.820. The lowest BCUT2D eigenvalue weighted by molar-refractivity contribution is 0.498. The van der Waals surface area contributed by atoms with Gasteiger partial charge in [-0.25, -0.2) is 0 Å². The quantitative estimate of drug-likeness (QED) is 0.737. The maximum absolute atomic E-state index is 3.59. The minimum absolute atomic E-state index is 0.656. The van der Waals surface area contributed by atoms with Gasteiger partial charge in [-0.3, -0.25) is 0 Å². The number of aryl methyl sites for hydroxylation is 1. The third-order valence-electron chi connectivity index (χ3n) is 3.14. The van der Waals surface area contributed by atoms with E-state index in [1.807, 2.05) is 0 Å². The van der Waals surface area contributed by atoms with Gasteiger partial charge in [-0.1, -0.05) is 44.0 Å². The first-order chi connectivity index (χ1) is 7.74. The third kappa shape index (κ3) is 4.80. The van der Waals surface area contributed by atoms with E-state index in [9.17, 15) is 0 Å². The molecule has 1 aromatic carbocycles. The van der Waals surface area contributed by atoms with Gasteiger partial charge in [-0.15, -0.1) is 0 Å². The second-order valence-electron chi connectivity index (χ2n) is 4.67. The number of unbranched alkanes of at least 4 members (excludes halogenated alkanes) is 1. The van der Waals surface area contributed by atoms with Crippen molar-refractivity contribution in [2.75, 3.05) is 6.54 Å². The fraction of sp³-hybridized carbons (Fsp3) is 0.600. The van der Waals surface area contributed by atoms with Crippen LogP contribution in [0.5, 0.6) is 0 Å². The van der Waals surface area contributed by atoms with Crippen molar-refractivity contribution >= 4 is 0 Å². The molecule has 0 aliphatic heterocycles. The monoisotopic (exact) mass is 219 g/mol. The zero-order valence-corrected chi connectivity index (χ0v) is 10.9. The van der Waals surface area contributed by atoms with Crippen LogP contribution in [0.2, 0.25) is 0 Å². The average molecular weight is 219 g/mol. The normalized spacial score (nSPS) is 12.7. The van der Waals surface area contributed by atoms with E-state index >= 15 is 0 Å². The minimum atomic E-state index is 0.656. The second-order valence-corrected chi connectivity index (χ2v) is 4.67. The Labute approximate surface area is 100 Å². The Kier molecular flexibility index (Phi) is 6.17. The predicted octanol–water partition coefficient (Wildman–Crippen LogP) is 3.71. The van der Waals surface area contributed by atoms with Crippen molar-refractivity contribution in [1.82, 2.24) is 5.32 Å². The molecule has 1 rings (SSSR count). The highest BCUT2D eigenvalue weighted by Gasteiger charge is 2.01. The number of rotatable bonds is 7. The van der Waals surface area contributed by atoms with Gasteiger partial charge >= 0.3 is 0 Å². The van der Waals surface area contributed by atoms with Crippen LogP contribution in [0.3, 0.4) is 0 Å². The summed E-state index contributed by atoms with van der Waals surface area (Å²) in [7, 11) is 0. The van der Waals surface area contributed by atoms with Crippen LogP contribution in [0.1, 0.15) is 44.2 Å². The Morgan fingerprint density at radius 2 is 2.00 bits per heavy atom. The van der Waals surface area contributed by atoms with Crippen LogP contribution in [-0.4, -0.2) is 12.6 Å². The maximum atomic E-state index is 3.59. The molecule has 0 aliphatic rings. The zero-order chi connectivity index (χ0) is 11.8. The molecule has 0 fully saturated rings. The smallest absolute Gasteiger partial charge is 0.00388 e. The standard InChI is InChI=1S/C15H25N/c1-4-5-9-14(3)16-12-11-15-10-7-6-8-13(15)2/h6-8,10,14,16H,4-5,9,11-12H2,1-3H3. The summed E-state index contributed by atoms with van der Waals surface area (Å²) in [6.07, 6.45) is 5.07. The summed E-state index contributed by atoms with van der Waals surface area (Å²) in [5.74, 6) is 0. The molecule has 1 heteroatoms. The maximum Gasteiger partial charge on any atom is 0.00388 e. The van der Waals surface area contributed by atoms with E-state index < -0.39 is 0 Å². The summed E-state index contributed by atoms with van der Waals surface area (Å²) in [6, 6.07) is 9.31. The summed E-state index contributed by atoms with van der Waals surface area (Å²) < 4.78 is 0. The summed E-state index contributed by atoms with van der Waals surface area (Å²) >= 11 is 0. The van der Waals surface area contributed by atoms with Crippen LogP contribution in [0.15, 0.2) is 24.3 Å². The van der Waals surface area contributed by atoms with Crippen molar-refractivity contribution in [3.05, 3.63) is 35.4 Å². The first-order valence-corrected chi connectivity index (χ1v) is 6.52. The van der Waals surface area contributed by atoms with Crippen molar-refractivity contribution in [2.24, 2.45) is 0 Å². The largest absolute Gasteiger partial charge is 0.314 e. The first-order valence-electron chi connectivity index (χ1n) is 6.52. The van der Waals surface area contributed by atoms with Crippen LogP contribution in [0.25, 0.3) is 0 Å². The van der Waals surface area contributed by atoms with Gasteiger partial charge in [0, 0.05) is 6.04 Å². The van der Waals surface area contributed by atoms with Gasteiger partial charge in [-0.2, -0.15) is 0 Å². The molecule has 1 atom stereocenters. The highest BCUT2D eigenvalue weighted by Crippen LogP contribution is 2.07. The van der Waals surface area contributed by atoms with E-state index in [1.54, 1.807) is 0 Å². The molecule has 1 nitrogen and oxygen atoms in total. The van der Waals surface area contributed by atoms with Crippen LogP contribution in [-0.2, 0) is 6.42 Å². The molecule has 0 saturated carbocycles. The first kappa shape index (κ1) is 13.2. The molecule has 0 radical (unpaired) electrons. The molecule has 1 N–H and O–H groups in total. The van der Waals surface area contributed by atoms with E-state index in [-0.39, 0.29) is 0 Å². The highest BCUT2D eigenvalue weighted by atomic mass is 14.9. The van der Waals surface area contributed by atoms with Crippen molar-refractivity contribution in [3.8, 4) is 0 Å². The fourth-order valence-electron chi connectivity index (χ4n) is 1.96. The lowest BCUT2D eigenvalue weighted by atomic mass is 10.1. The third-order valence-corrected chi connectivity index (χ3v) is 3.14. The number of hydrogen-bond donors (Lipinski definition) is 1. The van der Waals surface area contributed by atoms with Gasteiger partial charge in [0.2, 0.25) is 0 Å². The van der Waals surface area contributed by atoms with Gasteiger partial charge in [0.1, 0.15) is 0 Å². The molecule has 0 spiro atoms. The molecular weight excluding hydrogens is 194 g/mol. The Bertz CT molecular complexity index is 293. The summed E-state index contributed by atoms with van der Waals surface area (Å²) in [5.41, 5.74) is 2.88. The Balaban J connectivity index is 2.23. The topological polar surface area (TPSA) is 12.0 Å². The lowest BCUT2D eigenvalue weighted by Gasteiger charge is -2.13. The summed E-state index contributed by atoms with van der Waals surface area (Å²) in [5, 5.41) is 3.59. The van der Waals surface area contributed by atoms with E-state index in [2.05, 4.69) is 50.4 Å². The van der Waals surface area contributed by atoms with Crippen molar-refractivity contribution in [3.63, 3.8) is 0 Å². The van der Waals surface area contributed by atoms with Gasteiger partial charge in [0.25, 0.3) is 0 Å². The highest BCUT2D eigenvalue weighted by molar-refractivity contribution is 5.25. The molecule has 16 heavy (non-hydrogen) atoms. The van der Waals surface area contributed by atoms with Crippen molar-refractivity contribution in [2.45, 2.75) is 52.5 Å². The van der Waals surface area contributed by atoms with E-state index in [1.165, 1.54) is 30.4 Å². The molecule has 0 amide bonds. The van der Waals surface area contributed by atoms with Gasteiger partial charge in [-0.05, 0) is 44.4 Å². The van der Waals surface area contributed by atoms with Crippen LogP contribution in [0.4, 0.5) is 0 Å². The van der Waals surface area contributed by atoms with E-state index in [0.717, 1.165) is 13.0 Å². The fourth-order valence-corrected chi connectivity index (χ4v) is 1.96. The number of hydrogen-bond acceptors (Lipinski definition) is 1. The van der Waals surface area contributed by atoms with Gasteiger partial charge in [0.15, 0.2) is 0 Å². The lowest BCUT2D eigenvalue weighted by Crippen LogP contribution is -2.28. The van der Waals surface area contributed by atoms with Crippen LogP contribution >= 0.6 is 0 Å². The van der Waals surface area contributed by atoms with Crippen LogP contribution < -0.4 is 5.32 Å². The molecule has 0 saturated heterocycles. The molecule has 0 heterocycles. The molecule has 0 bridgehead atoms. The van der Waals surface area contributed by atoms with E-state index in [0.29, 0.717) is 6.04 Å². The summed E-state index contributed by atoms with van der Waals surface area (Å²) in [6.45, 7) is 7.82. The average Bonchev–Trinajstić information content (AvgIpc) is 2.29. The van der Waals surface area contributed by atoms with E-state index in [4.69, 9.17) is 0 Å². The second kappa shape index (κ2) is 7.45. The molecule has 1 aromatic rings. The van der Waals surface area contributed by atoms with Gasteiger partial charge < -0.3 is 5.32 Å². The number of benzene rings is 1. The Morgan fingerprint density at radius 1 is 1.25 bits per heavy atom. The number of nitrogens with one attached hydrogen (secondary N) is 1. The molecule has 90 valence electrons. The molecule has 0 aromatic heterocycles. The Morgan fingerprint density at radius 3 is 2.69 bits per heavy atom. The van der Waals surface area contributed by atoms with Gasteiger partial charge in [0.05, 0.1) is 0 Å². The SMILES string of the molecule is CCCCC(C)NCCc1ccccc1C. The molecular formula is C15H25N. The van der Waals surface area contributed by atoms with Crippen molar-refractivity contribution < 1.29 is 0 Å². The molecule has 0 aliphatic carbocycles. The van der Waals surface area contributed by atoms with Crippen molar-refractivity contribution in [1.29, 1.82) is 0 Å². The minimum Gasteiger partial charge on any atom is -0.314 e. The predicted molar refractivity (Wildman–Crippen MR) is 71.9 cm³/mol. The molecule has 1 unspecified atom stereocenters. The zero-order valence-electron chi connectivity index (χ0n) is 10.9. The summed E-state index contributed by atoms with van der Waals surface area (Å²) in [4.78, 5) is 0. The van der Waals surface area contributed by atoms with Crippen LogP contribution in [0, 0.1) is 6.92 Å².